The molecule has 3 aromatic rings. The Labute approximate surface area is 216 Å². The third kappa shape index (κ3) is 7.07. The van der Waals surface area contributed by atoms with Crippen molar-refractivity contribution in [1.29, 1.82) is 0 Å². The van der Waals surface area contributed by atoms with Crippen molar-refractivity contribution in [2.75, 3.05) is 44.6 Å². The molecule has 1 fully saturated rings. The van der Waals surface area contributed by atoms with E-state index in [1.807, 2.05) is 11.4 Å². The lowest BCUT2D eigenvalue weighted by atomic mass is 10.1. The molecule has 0 spiro atoms. The Bertz CT molecular complexity index is 1190. The highest BCUT2D eigenvalue weighted by Gasteiger charge is 2.34. The second-order valence-corrected chi connectivity index (χ2v) is 9.58. The summed E-state index contributed by atoms with van der Waals surface area (Å²) in [5.74, 6) is -0.454. The molecule has 2 heterocycles. The summed E-state index contributed by atoms with van der Waals surface area (Å²) in [4.78, 5) is 31.6. The number of halogens is 4. The highest BCUT2D eigenvalue weighted by atomic mass is 32.1. The molecule has 0 unspecified atom stereocenters. The van der Waals surface area contributed by atoms with E-state index in [1.54, 1.807) is 23.1 Å². The van der Waals surface area contributed by atoms with Crippen LogP contribution in [0.4, 0.5) is 28.0 Å². The van der Waals surface area contributed by atoms with Gasteiger partial charge >= 0.3 is 12.2 Å². The van der Waals surface area contributed by atoms with Crippen LogP contribution in [0.3, 0.4) is 0 Å². The van der Waals surface area contributed by atoms with E-state index in [9.17, 15) is 27.2 Å². The van der Waals surface area contributed by atoms with Gasteiger partial charge in [-0.15, -0.1) is 11.3 Å². The predicted octanol–water partition coefficient (Wildman–Crippen LogP) is 5.40. The summed E-state index contributed by atoms with van der Waals surface area (Å²) in [6, 6.07) is 13.9. The molecule has 2 aromatic carbocycles. The van der Waals surface area contributed by atoms with Gasteiger partial charge in [0.2, 0.25) is 0 Å². The van der Waals surface area contributed by atoms with Gasteiger partial charge in [-0.2, -0.15) is 13.2 Å². The van der Waals surface area contributed by atoms with Crippen molar-refractivity contribution in [2.45, 2.75) is 12.7 Å². The van der Waals surface area contributed by atoms with Crippen LogP contribution < -0.4 is 5.32 Å². The fourth-order valence-electron chi connectivity index (χ4n) is 4.09. The van der Waals surface area contributed by atoms with Crippen LogP contribution in [0, 0.1) is 5.82 Å². The van der Waals surface area contributed by atoms with E-state index in [0.29, 0.717) is 50.7 Å². The number of carbonyl (C=O) groups excluding carboxylic acids is 2. The van der Waals surface area contributed by atoms with Crippen molar-refractivity contribution in [2.24, 2.45) is 0 Å². The maximum absolute atomic E-state index is 13.3. The third-order valence-corrected chi connectivity index (χ3v) is 6.98. The van der Waals surface area contributed by atoms with Crippen LogP contribution in [0.1, 0.15) is 20.8 Å². The summed E-state index contributed by atoms with van der Waals surface area (Å²) in [5.41, 5.74) is -0.350. The van der Waals surface area contributed by atoms with E-state index < -0.39 is 17.8 Å². The lowest BCUT2D eigenvalue weighted by molar-refractivity contribution is -0.136. The van der Waals surface area contributed by atoms with Gasteiger partial charge in [0.05, 0.1) is 16.1 Å². The summed E-state index contributed by atoms with van der Waals surface area (Å²) in [5, 5.41) is 4.22. The number of amides is 3. The van der Waals surface area contributed by atoms with Gasteiger partial charge < -0.3 is 15.1 Å². The van der Waals surface area contributed by atoms with E-state index in [1.165, 1.54) is 46.6 Å². The summed E-state index contributed by atoms with van der Waals surface area (Å²) in [6.07, 6.45) is -4.57. The van der Waals surface area contributed by atoms with E-state index in [2.05, 4.69) is 10.2 Å². The molecule has 4 rings (SSSR count). The Hall–Kier alpha value is -3.44. The summed E-state index contributed by atoms with van der Waals surface area (Å²) in [7, 11) is 0. The van der Waals surface area contributed by atoms with Crippen molar-refractivity contribution in [3.05, 3.63) is 87.9 Å². The van der Waals surface area contributed by atoms with Crippen molar-refractivity contribution < 1.29 is 27.2 Å². The maximum atomic E-state index is 13.3. The molecule has 196 valence electrons. The molecule has 6 nitrogen and oxygen atoms in total. The maximum Gasteiger partial charge on any atom is 0.418 e. The van der Waals surface area contributed by atoms with Gasteiger partial charge in [0.25, 0.3) is 5.91 Å². The lowest BCUT2D eigenvalue weighted by Crippen LogP contribution is -2.51. The van der Waals surface area contributed by atoms with E-state index >= 15 is 0 Å². The fourth-order valence-corrected chi connectivity index (χ4v) is 4.78. The minimum atomic E-state index is -4.57. The lowest BCUT2D eigenvalue weighted by Gasteiger charge is -2.36. The zero-order chi connectivity index (χ0) is 26.4. The zero-order valence-electron chi connectivity index (χ0n) is 19.9. The zero-order valence-corrected chi connectivity index (χ0v) is 20.7. The second kappa shape index (κ2) is 11.7. The van der Waals surface area contributed by atoms with Crippen LogP contribution in [-0.2, 0) is 12.7 Å². The fraction of sp³-hybridized carbons (Fsp3) is 0.308. The minimum absolute atomic E-state index is 0.110. The number of rotatable bonds is 7. The number of piperazine rings is 1. The first kappa shape index (κ1) is 26.6. The van der Waals surface area contributed by atoms with Crippen LogP contribution in [-0.4, -0.2) is 65.9 Å². The first-order valence-corrected chi connectivity index (χ1v) is 12.6. The smallest absolute Gasteiger partial charge is 0.332 e. The average Bonchev–Trinajstić information content (AvgIpc) is 3.42. The Balaban J connectivity index is 1.32. The molecule has 11 heteroatoms. The van der Waals surface area contributed by atoms with Crippen molar-refractivity contribution in [1.82, 2.24) is 14.7 Å². The monoisotopic (exact) mass is 534 g/mol. The highest BCUT2D eigenvalue weighted by Crippen LogP contribution is 2.34. The molecule has 1 aliphatic heterocycles. The first-order valence-electron chi connectivity index (χ1n) is 11.7. The van der Waals surface area contributed by atoms with E-state index in [0.717, 1.165) is 11.6 Å². The minimum Gasteiger partial charge on any atom is -0.332 e. The summed E-state index contributed by atoms with van der Waals surface area (Å²) in [6.45, 7) is 3.05. The number of alkyl halides is 3. The summed E-state index contributed by atoms with van der Waals surface area (Å²) >= 11 is 1.35. The number of para-hydroxylation sites is 1. The quantitative estimate of drug-likeness (QED) is 0.413. The number of urea groups is 1. The Morgan fingerprint density at radius 3 is 2.30 bits per heavy atom. The predicted molar refractivity (Wildman–Crippen MR) is 134 cm³/mol. The normalized spacial score (nSPS) is 14.4. The van der Waals surface area contributed by atoms with Gasteiger partial charge in [-0.05, 0) is 41.3 Å². The van der Waals surface area contributed by atoms with Crippen LogP contribution in [0.25, 0.3) is 0 Å². The third-order valence-electron chi connectivity index (χ3n) is 6.13. The van der Waals surface area contributed by atoms with Crippen LogP contribution in [0.2, 0.25) is 0 Å². The molecular formula is C26H26F4N4O2S. The number of hydrogen-bond donors (Lipinski definition) is 1. The Morgan fingerprint density at radius 2 is 1.65 bits per heavy atom. The van der Waals surface area contributed by atoms with E-state index in [-0.39, 0.29) is 17.4 Å². The van der Waals surface area contributed by atoms with Gasteiger partial charge in [0.15, 0.2) is 0 Å². The molecule has 0 bridgehead atoms. The van der Waals surface area contributed by atoms with Gasteiger partial charge in [0, 0.05) is 45.8 Å². The topological polar surface area (TPSA) is 55.9 Å². The van der Waals surface area contributed by atoms with Gasteiger partial charge in [0.1, 0.15) is 5.82 Å². The van der Waals surface area contributed by atoms with Gasteiger partial charge in [-0.25, -0.2) is 9.18 Å². The van der Waals surface area contributed by atoms with Crippen molar-refractivity contribution >= 4 is 29.0 Å². The number of nitrogens with zero attached hydrogens (tertiary/aromatic N) is 3. The standard InChI is InChI=1S/C26H26F4N4O2S/c27-20-9-7-19(8-10-20)18-34(24(35)23-6-3-17-37-23)16-13-32-11-14-33(15-12-32)25(36)31-22-5-2-1-4-21(22)26(28,29)30/h1-10,17H,11-16,18H2,(H,31,36). The SMILES string of the molecule is O=C(Nc1ccccc1C(F)(F)F)N1CCN(CCN(Cc2ccc(F)cc2)C(=O)c2cccs2)CC1. The number of carbonyl (C=O) groups is 2. The first-order chi connectivity index (χ1) is 17.7. The Morgan fingerprint density at radius 1 is 0.946 bits per heavy atom. The molecule has 0 saturated carbocycles. The van der Waals surface area contributed by atoms with Crippen LogP contribution >= 0.6 is 11.3 Å². The molecule has 0 aliphatic carbocycles. The number of nitrogens with one attached hydrogen (secondary N) is 1. The van der Waals surface area contributed by atoms with E-state index in [4.69, 9.17) is 0 Å². The second-order valence-electron chi connectivity index (χ2n) is 8.63. The molecular weight excluding hydrogens is 508 g/mol. The van der Waals surface area contributed by atoms with Crippen molar-refractivity contribution in [3.8, 4) is 0 Å². The largest absolute Gasteiger partial charge is 0.418 e. The molecule has 1 aliphatic rings. The van der Waals surface area contributed by atoms with Gasteiger partial charge in [-0.1, -0.05) is 30.3 Å². The molecule has 0 radical (unpaired) electrons. The number of benzene rings is 2. The van der Waals surface area contributed by atoms with Crippen LogP contribution in [0.15, 0.2) is 66.0 Å². The molecule has 1 aromatic heterocycles. The van der Waals surface area contributed by atoms with Crippen LogP contribution in [0.5, 0.6) is 0 Å². The highest BCUT2D eigenvalue weighted by molar-refractivity contribution is 7.12. The van der Waals surface area contributed by atoms with Gasteiger partial charge in [-0.3, -0.25) is 9.69 Å². The number of anilines is 1. The Kier molecular flexibility index (Phi) is 8.45. The molecule has 0 atom stereocenters. The molecule has 1 N–H and O–H groups in total. The van der Waals surface area contributed by atoms with Crippen molar-refractivity contribution in [3.63, 3.8) is 0 Å². The number of thiophene rings is 1. The molecule has 37 heavy (non-hydrogen) atoms. The number of hydrogen-bond acceptors (Lipinski definition) is 4. The summed E-state index contributed by atoms with van der Waals surface area (Å²) < 4.78 is 53.0. The molecule has 1 saturated heterocycles. The molecule has 3 amide bonds. The average molecular weight is 535 g/mol.